The number of amides is 1. The van der Waals surface area contributed by atoms with Crippen LogP contribution in [0.25, 0.3) is 11.4 Å². The molecule has 0 N–H and O–H groups in total. The Morgan fingerprint density at radius 3 is 2.65 bits per heavy atom. The molecule has 132 valence electrons. The lowest BCUT2D eigenvalue weighted by atomic mass is 9.97. The van der Waals surface area contributed by atoms with Gasteiger partial charge in [-0.2, -0.15) is 4.98 Å². The van der Waals surface area contributed by atoms with Crippen molar-refractivity contribution >= 4 is 21.8 Å². The first-order valence-electron chi connectivity index (χ1n) is 8.64. The van der Waals surface area contributed by atoms with Crippen molar-refractivity contribution < 1.29 is 9.32 Å². The second-order valence-corrected chi connectivity index (χ2v) is 7.34. The topological polar surface area (TPSA) is 59.2 Å². The molecular formula is C20H18BrN3O2. The average molecular weight is 412 g/mol. The molecule has 0 saturated carbocycles. The number of halogens is 1. The monoisotopic (exact) mass is 411 g/mol. The van der Waals surface area contributed by atoms with Crippen LogP contribution in [-0.4, -0.2) is 34.0 Å². The molecule has 1 aliphatic rings. The number of carbonyl (C=O) groups is 1. The molecule has 0 spiro atoms. The summed E-state index contributed by atoms with van der Waals surface area (Å²) in [5.41, 5.74) is 1.63. The molecule has 1 unspecified atom stereocenters. The largest absolute Gasteiger partial charge is 0.339 e. The molecule has 6 heteroatoms. The molecule has 1 aromatic heterocycles. The highest BCUT2D eigenvalue weighted by Crippen LogP contribution is 2.28. The van der Waals surface area contributed by atoms with Gasteiger partial charge in [0.25, 0.3) is 5.91 Å². The second kappa shape index (κ2) is 7.41. The van der Waals surface area contributed by atoms with Crippen molar-refractivity contribution in [3.8, 4) is 11.4 Å². The second-order valence-electron chi connectivity index (χ2n) is 6.42. The molecule has 1 atom stereocenters. The molecule has 0 radical (unpaired) electrons. The van der Waals surface area contributed by atoms with Gasteiger partial charge < -0.3 is 9.42 Å². The number of rotatable bonds is 3. The highest BCUT2D eigenvalue weighted by atomic mass is 79.9. The van der Waals surface area contributed by atoms with Gasteiger partial charge in [-0.1, -0.05) is 51.4 Å². The minimum absolute atomic E-state index is 0.0463. The van der Waals surface area contributed by atoms with Gasteiger partial charge in [0.05, 0.1) is 5.92 Å². The zero-order valence-corrected chi connectivity index (χ0v) is 15.7. The van der Waals surface area contributed by atoms with Crippen molar-refractivity contribution in [2.24, 2.45) is 0 Å². The molecule has 3 aromatic rings. The van der Waals surface area contributed by atoms with E-state index in [0.717, 1.165) is 29.4 Å². The van der Waals surface area contributed by atoms with Gasteiger partial charge in [0.15, 0.2) is 0 Å². The summed E-state index contributed by atoms with van der Waals surface area (Å²) in [7, 11) is 0. The smallest absolute Gasteiger partial charge is 0.253 e. The average Bonchev–Trinajstić information content (AvgIpc) is 3.19. The van der Waals surface area contributed by atoms with Gasteiger partial charge in [-0.15, -0.1) is 0 Å². The summed E-state index contributed by atoms with van der Waals surface area (Å²) < 4.78 is 6.47. The van der Waals surface area contributed by atoms with Crippen LogP contribution in [0, 0.1) is 0 Å². The maximum atomic E-state index is 12.8. The molecule has 1 fully saturated rings. The molecule has 26 heavy (non-hydrogen) atoms. The Balaban J connectivity index is 1.49. The Labute approximate surface area is 160 Å². The SMILES string of the molecule is O=C(c1ccc(Br)cc1)N1CCCC(c2nc(-c3ccccc3)no2)C1. The lowest BCUT2D eigenvalue weighted by molar-refractivity contribution is 0.0695. The van der Waals surface area contributed by atoms with E-state index in [1.165, 1.54) is 0 Å². The third kappa shape index (κ3) is 3.55. The lowest BCUT2D eigenvalue weighted by Crippen LogP contribution is -2.39. The van der Waals surface area contributed by atoms with Gasteiger partial charge in [0.1, 0.15) is 0 Å². The van der Waals surface area contributed by atoms with Crippen molar-refractivity contribution in [3.63, 3.8) is 0 Å². The van der Waals surface area contributed by atoms with Crippen LogP contribution < -0.4 is 0 Å². The first kappa shape index (κ1) is 17.0. The molecule has 5 nitrogen and oxygen atoms in total. The van der Waals surface area contributed by atoms with Crippen molar-refractivity contribution in [3.05, 3.63) is 70.5 Å². The summed E-state index contributed by atoms with van der Waals surface area (Å²) in [5, 5.41) is 4.10. The Hall–Kier alpha value is -2.47. The van der Waals surface area contributed by atoms with Crippen LogP contribution in [0.4, 0.5) is 0 Å². The third-order valence-electron chi connectivity index (χ3n) is 4.62. The summed E-state index contributed by atoms with van der Waals surface area (Å²) in [6, 6.07) is 17.2. The summed E-state index contributed by atoms with van der Waals surface area (Å²) in [5.74, 6) is 1.33. The van der Waals surface area contributed by atoms with Gasteiger partial charge in [-0.3, -0.25) is 4.79 Å². The number of aromatic nitrogens is 2. The molecule has 1 saturated heterocycles. The minimum atomic E-state index is 0.0463. The fourth-order valence-electron chi connectivity index (χ4n) is 3.24. The molecule has 2 heterocycles. The Kier molecular flexibility index (Phi) is 4.84. The molecule has 4 rings (SSSR count). The van der Waals surface area contributed by atoms with Crippen LogP contribution >= 0.6 is 15.9 Å². The van der Waals surface area contributed by atoms with Crippen LogP contribution in [0.15, 0.2) is 63.6 Å². The van der Waals surface area contributed by atoms with Gasteiger partial charge in [-0.05, 0) is 37.1 Å². The van der Waals surface area contributed by atoms with E-state index in [-0.39, 0.29) is 11.8 Å². The van der Waals surface area contributed by atoms with Gasteiger partial charge in [0, 0.05) is 28.7 Å². The number of hydrogen-bond donors (Lipinski definition) is 0. The van der Waals surface area contributed by atoms with Crippen molar-refractivity contribution in [1.29, 1.82) is 0 Å². The Bertz CT molecular complexity index is 893. The van der Waals surface area contributed by atoms with E-state index in [0.29, 0.717) is 23.8 Å². The molecule has 0 bridgehead atoms. The first-order valence-corrected chi connectivity index (χ1v) is 9.44. The van der Waals surface area contributed by atoms with E-state index in [4.69, 9.17) is 4.52 Å². The van der Waals surface area contributed by atoms with E-state index in [2.05, 4.69) is 26.1 Å². The summed E-state index contributed by atoms with van der Waals surface area (Å²) >= 11 is 3.40. The van der Waals surface area contributed by atoms with Crippen LogP contribution in [0.3, 0.4) is 0 Å². The minimum Gasteiger partial charge on any atom is -0.339 e. The fraction of sp³-hybridized carbons (Fsp3) is 0.250. The predicted molar refractivity (Wildman–Crippen MR) is 102 cm³/mol. The lowest BCUT2D eigenvalue weighted by Gasteiger charge is -2.31. The zero-order valence-electron chi connectivity index (χ0n) is 14.1. The highest BCUT2D eigenvalue weighted by Gasteiger charge is 2.29. The number of piperidine rings is 1. The maximum absolute atomic E-state index is 12.8. The van der Waals surface area contributed by atoms with Gasteiger partial charge in [0.2, 0.25) is 11.7 Å². The normalized spacial score (nSPS) is 17.3. The number of hydrogen-bond acceptors (Lipinski definition) is 4. The highest BCUT2D eigenvalue weighted by molar-refractivity contribution is 9.10. The molecular weight excluding hydrogens is 394 g/mol. The number of nitrogens with zero attached hydrogens (tertiary/aromatic N) is 3. The Morgan fingerprint density at radius 2 is 1.88 bits per heavy atom. The van der Waals surface area contributed by atoms with Crippen molar-refractivity contribution in [2.45, 2.75) is 18.8 Å². The van der Waals surface area contributed by atoms with Gasteiger partial charge in [-0.25, -0.2) is 0 Å². The standard InChI is InChI=1S/C20H18BrN3O2/c21-17-10-8-15(9-11-17)20(25)24-12-4-7-16(13-24)19-22-18(23-26-19)14-5-2-1-3-6-14/h1-3,5-6,8-11,16H,4,7,12-13H2. The number of likely N-dealkylation sites (tertiary alicyclic amines) is 1. The summed E-state index contributed by atoms with van der Waals surface area (Å²) in [4.78, 5) is 19.2. The van der Waals surface area contributed by atoms with Crippen molar-refractivity contribution in [1.82, 2.24) is 15.0 Å². The van der Waals surface area contributed by atoms with E-state index in [1.54, 1.807) is 0 Å². The molecule has 2 aromatic carbocycles. The van der Waals surface area contributed by atoms with E-state index < -0.39 is 0 Å². The van der Waals surface area contributed by atoms with Crippen LogP contribution in [-0.2, 0) is 0 Å². The van der Waals surface area contributed by atoms with Crippen LogP contribution in [0.2, 0.25) is 0 Å². The first-order chi connectivity index (χ1) is 12.7. The molecule has 1 amide bonds. The quantitative estimate of drug-likeness (QED) is 0.635. The molecule has 0 aliphatic carbocycles. The summed E-state index contributed by atoms with van der Waals surface area (Å²) in [6.45, 7) is 1.36. The Morgan fingerprint density at radius 1 is 1.12 bits per heavy atom. The van der Waals surface area contributed by atoms with Crippen molar-refractivity contribution in [2.75, 3.05) is 13.1 Å². The zero-order chi connectivity index (χ0) is 17.9. The third-order valence-corrected chi connectivity index (χ3v) is 5.15. The van der Waals surface area contributed by atoms with E-state index in [1.807, 2.05) is 59.5 Å². The molecule has 1 aliphatic heterocycles. The van der Waals surface area contributed by atoms with Crippen LogP contribution in [0.5, 0.6) is 0 Å². The maximum Gasteiger partial charge on any atom is 0.253 e. The fourth-order valence-corrected chi connectivity index (χ4v) is 3.51. The predicted octanol–water partition coefficient (Wildman–Crippen LogP) is 4.52. The van der Waals surface area contributed by atoms with Crippen LogP contribution in [0.1, 0.15) is 35.0 Å². The number of benzene rings is 2. The van der Waals surface area contributed by atoms with Gasteiger partial charge >= 0.3 is 0 Å². The number of carbonyl (C=O) groups excluding carboxylic acids is 1. The summed E-state index contributed by atoms with van der Waals surface area (Å²) in [6.07, 6.45) is 1.87. The van der Waals surface area contributed by atoms with E-state index >= 15 is 0 Å². The van der Waals surface area contributed by atoms with E-state index in [9.17, 15) is 4.79 Å².